The maximum absolute atomic E-state index is 12.9. The molecule has 4 aromatic carbocycles. The second kappa shape index (κ2) is 12.6. The summed E-state index contributed by atoms with van der Waals surface area (Å²) in [4.78, 5) is 27.0. The van der Waals surface area contributed by atoms with Crippen molar-refractivity contribution in [2.75, 3.05) is 17.7 Å². The number of carbonyl (C=O) groups is 2. The number of amides is 2. The zero-order chi connectivity index (χ0) is 25.2. The van der Waals surface area contributed by atoms with Crippen molar-refractivity contribution in [2.24, 2.45) is 0 Å². The predicted molar refractivity (Wildman–Crippen MR) is 146 cm³/mol. The summed E-state index contributed by atoms with van der Waals surface area (Å²) in [5, 5.41) is 5.87. The van der Waals surface area contributed by atoms with Gasteiger partial charge < -0.3 is 15.4 Å². The molecule has 182 valence electrons. The van der Waals surface area contributed by atoms with E-state index >= 15 is 0 Å². The van der Waals surface area contributed by atoms with Crippen molar-refractivity contribution in [3.8, 4) is 5.75 Å². The fourth-order valence-electron chi connectivity index (χ4n) is 3.62. The highest BCUT2D eigenvalue weighted by molar-refractivity contribution is 7.99. The first-order valence-corrected chi connectivity index (χ1v) is 12.8. The van der Waals surface area contributed by atoms with E-state index in [1.807, 2.05) is 55.5 Å². The highest BCUT2D eigenvalue weighted by atomic mass is 32.2. The van der Waals surface area contributed by atoms with E-state index in [-0.39, 0.29) is 17.9 Å². The van der Waals surface area contributed by atoms with Gasteiger partial charge >= 0.3 is 0 Å². The molecular weight excluding hydrogens is 468 g/mol. The van der Waals surface area contributed by atoms with Crippen LogP contribution in [0.25, 0.3) is 0 Å². The van der Waals surface area contributed by atoms with E-state index < -0.39 is 0 Å². The number of rotatable bonds is 10. The quantitative estimate of drug-likeness (QED) is 0.192. The van der Waals surface area contributed by atoms with Crippen LogP contribution in [0, 0.1) is 0 Å². The Morgan fingerprint density at radius 2 is 1.42 bits per heavy atom. The molecule has 0 aliphatic carbocycles. The fraction of sp³-hybridized carbons (Fsp3) is 0.133. The normalized spacial score (nSPS) is 11.4. The molecule has 0 bridgehead atoms. The third kappa shape index (κ3) is 6.99. The van der Waals surface area contributed by atoms with Crippen molar-refractivity contribution in [1.29, 1.82) is 0 Å². The first-order chi connectivity index (χ1) is 17.6. The number of nitrogens with one attached hydrogen (secondary N) is 2. The SMILES string of the molecule is C[C@H](NC(=O)c1ccccc1NC(=O)c1ccc(OCCSc2ccccc2)cc1)c1ccccc1. The smallest absolute Gasteiger partial charge is 0.255 e. The van der Waals surface area contributed by atoms with Gasteiger partial charge in [-0.1, -0.05) is 60.7 Å². The molecule has 0 fully saturated rings. The monoisotopic (exact) mass is 496 g/mol. The van der Waals surface area contributed by atoms with E-state index in [2.05, 4.69) is 22.8 Å². The van der Waals surface area contributed by atoms with Gasteiger partial charge in [-0.3, -0.25) is 9.59 Å². The Morgan fingerprint density at radius 1 is 0.778 bits per heavy atom. The van der Waals surface area contributed by atoms with Gasteiger partial charge in [0.1, 0.15) is 5.75 Å². The van der Waals surface area contributed by atoms with E-state index in [0.29, 0.717) is 29.2 Å². The molecular formula is C30H28N2O3S. The van der Waals surface area contributed by atoms with Crippen molar-refractivity contribution in [1.82, 2.24) is 5.32 Å². The molecule has 2 N–H and O–H groups in total. The van der Waals surface area contributed by atoms with Crippen LogP contribution in [-0.4, -0.2) is 24.2 Å². The summed E-state index contributed by atoms with van der Waals surface area (Å²) in [5.41, 5.74) is 2.35. The van der Waals surface area contributed by atoms with Gasteiger partial charge in [0.15, 0.2) is 0 Å². The van der Waals surface area contributed by atoms with E-state index in [1.165, 1.54) is 4.90 Å². The molecule has 0 saturated heterocycles. The molecule has 0 spiro atoms. The van der Waals surface area contributed by atoms with Gasteiger partial charge in [-0.15, -0.1) is 11.8 Å². The highest BCUT2D eigenvalue weighted by Crippen LogP contribution is 2.21. The van der Waals surface area contributed by atoms with Crippen molar-refractivity contribution >= 4 is 29.3 Å². The number of thioether (sulfide) groups is 1. The van der Waals surface area contributed by atoms with E-state index in [1.54, 1.807) is 60.3 Å². The number of para-hydroxylation sites is 1. The lowest BCUT2D eigenvalue weighted by atomic mass is 10.1. The molecule has 5 nitrogen and oxygen atoms in total. The Hall–Kier alpha value is -4.03. The molecule has 36 heavy (non-hydrogen) atoms. The number of carbonyl (C=O) groups excluding carboxylic acids is 2. The molecule has 0 heterocycles. The Labute approximate surface area is 215 Å². The zero-order valence-corrected chi connectivity index (χ0v) is 20.8. The van der Waals surface area contributed by atoms with Gasteiger partial charge in [0, 0.05) is 16.2 Å². The number of hydrogen-bond donors (Lipinski definition) is 2. The van der Waals surface area contributed by atoms with E-state index in [0.717, 1.165) is 11.3 Å². The highest BCUT2D eigenvalue weighted by Gasteiger charge is 2.16. The molecule has 0 saturated carbocycles. The van der Waals surface area contributed by atoms with Gasteiger partial charge in [-0.2, -0.15) is 0 Å². The van der Waals surface area contributed by atoms with Crippen LogP contribution >= 0.6 is 11.8 Å². The predicted octanol–water partition coefficient (Wildman–Crippen LogP) is 6.60. The molecule has 0 radical (unpaired) electrons. The number of ether oxygens (including phenoxy) is 1. The minimum Gasteiger partial charge on any atom is -0.493 e. The molecule has 4 aromatic rings. The van der Waals surface area contributed by atoms with Crippen LogP contribution in [-0.2, 0) is 0 Å². The van der Waals surface area contributed by atoms with Crippen LogP contribution in [0.5, 0.6) is 5.75 Å². The summed E-state index contributed by atoms with van der Waals surface area (Å²) in [6.45, 7) is 2.49. The second-order valence-electron chi connectivity index (χ2n) is 8.14. The Balaban J connectivity index is 1.32. The Kier molecular flexibility index (Phi) is 8.78. The van der Waals surface area contributed by atoms with Gasteiger partial charge in [0.25, 0.3) is 11.8 Å². The summed E-state index contributed by atoms with van der Waals surface area (Å²) >= 11 is 1.73. The summed E-state index contributed by atoms with van der Waals surface area (Å²) in [6.07, 6.45) is 0. The van der Waals surface area contributed by atoms with Crippen LogP contribution in [0.15, 0.2) is 114 Å². The molecule has 2 amide bonds. The van der Waals surface area contributed by atoms with E-state index in [9.17, 15) is 9.59 Å². The zero-order valence-electron chi connectivity index (χ0n) is 20.0. The van der Waals surface area contributed by atoms with Crippen LogP contribution < -0.4 is 15.4 Å². The fourth-order valence-corrected chi connectivity index (χ4v) is 4.37. The van der Waals surface area contributed by atoms with Crippen LogP contribution in [0.2, 0.25) is 0 Å². The van der Waals surface area contributed by atoms with Crippen molar-refractivity contribution in [3.63, 3.8) is 0 Å². The number of hydrogen-bond acceptors (Lipinski definition) is 4. The largest absolute Gasteiger partial charge is 0.493 e. The first kappa shape index (κ1) is 25.1. The third-order valence-corrected chi connectivity index (χ3v) is 6.52. The summed E-state index contributed by atoms with van der Waals surface area (Å²) in [7, 11) is 0. The topological polar surface area (TPSA) is 67.4 Å². The Bertz CT molecular complexity index is 1280. The molecule has 4 rings (SSSR count). The summed E-state index contributed by atoms with van der Waals surface area (Å²) < 4.78 is 5.80. The average molecular weight is 497 g/mol. The number of anilines is 1. The summed E-state index contributed by atoms with van der Waals surface area (Å²) in [6, 6.07) is 33.7. The minimum atomic E-state index is -0.294. The van der Waals surface area contributed by atoms with Gasteiger partial charge in [-0.25, -0.2) is 0 Å². The van der Waals surface area contributed by atoms with Crippen LogP contribution in [0.3, 0.4) is 0 Å². The Morgan fingerprint density at radius 3 is 2.14 bits per heavy atom. The van der Waals surface area contributed by atoms with Gasteiger partial charge in [-0.05, 0) is 61.0 Å². The minimum absolute atomic E-state index is 0.166. The third-order valence-electron chi connectivity index (χ3n) is 5.55. The maximum atomic E-state index is 12.9. The molecule has 0 aromatic heterocycles. The lowest BCUT2D eigenvalue weighted by Gasteiger charge is -2.16. The molecule has 6 heteroatoms. The lowest BCUT2D eigenvalue weighted by Crippen LogP contribution is -2.28. The first-order valence-electron chi connectivity index (χ1n) is 11.8. The lowest BCUT2D eigenvalue weighted by molar-refractivity contribution is 0.0940. The molecule has 0 aliphatic rings. The maximum Gasteiger partial charge on any atom is 0.255 e. The average Bonchev–Trinajstić information content (AvgIpc) is 2.92. The van der Waals surface area contributed by atoms with Gasteiger partial charge in [0.05, 0.1) is 23.9 Å². The van der Waals surface area contributed by atoms with Crippen LogP contribution in [0.1, 0.15) is 39.2 Å². The molecule has 0 unspecified atom stereocenters. The second-order valence-corrected chi connectivity index (χ2v) is 9.31. The standard InChI is InChI=1S/C30H28N2O3S/c1-22(23-10-4-2-5-11-23)31-30(34)27-14-8-9-15-28(27)32-29(33)24-16-18-25(19-17-24)35-20-21-36-26-12-6-3-7-13-26/h2-19,22H,20-21H2,1H3,(H,31,34)(H,32,33)/t22-/m0/s1. The van der Waals surface area contributed by atoms with Gasteiger partial charge in [0.2, 0.25) is 0 Å². The number of benzene rings is 4. The molecule has 0 aliphatic heterocycles. The van der Waals surface area contributed by atoms with Crippen molar-refractivity contribution in [3.05, 3.63) is 126 Å². The van der Waals surface area contributed by atoms with Crippen molar-refractivity contribution < 1.29 is 14.3 Å². The molecule has 1 atom stereocenters. The summed E-state index contributed by atoms with van der Waals surface area (Å²) in [5.74, 6) is 0.986. The van der Waals surface area contributed by atoms with Crippen LogP contribution in [0.4, 0.5) is 5.69 Å². The van der Waals surface area contributed by atoms with Crippen molar-refractivity contribution in [2.45, 2.75) is 17.9 Å². The van der Waals surface area contributed by atoms with E-state index in [4.69, 9.17) is 4.74 Å².